The van der Waals surface area contributed by atoms with E-state index in [-0.39, 0.29) is 28.2 Å². The van der Waals surface area contributed by atoms with Crippen LogP contribution in [0.4, 0.5) is 0 Å². The molecule has 0 radical (unpaired) electrons. The third-order valence-corrected chi connectivity index (χ3v) is 5.77. The fourth-order valence-corrected chi connectivity index (χ4v) is 3.96. The first-order valence-electron chi connectivity index (χ1n) is 10.0. The number of aromatic hydroxyl groups is 4. The van der Waals surface area contributed by atoms with Crippen LogP contribution in [0.3, 0.4) is 0 Å². The van der Waals surface area contributed by atoms with Crippen molar-refractivity contribution in [3.05, 3.63) is 40.1 Å². The molecular weight excluding hydrogens is 456 g/mol. The van der Waals surface area contributed by atoms with Gasteiger partial charge in [-0.15, -0.1) is 0 Å². The Labute approximate surface area is 190 Å². The second-order valence-corrected chi connectivity index (χ2v) is 7.78. The second kappa shape index (κ2) is 8.66. The standard InChI is InChI=1S/C22H22O12/c1-32-10-5-11-13(16(27)14(10)22-20(31)18(29)15(26)12(6-23)34-22)17(28)19(30)21(33-11)7-2-3-8(24)9(25)4-7/h2-5,12,15,18,20,22-27,29-31H,6H2,1H3/t12?,15-,18+,20?,22+/m1/s1. The average molecular weight is 478 g/mol. The van der Waals surface area contributed by atoms with Crippen LogP contribution in [0.2, 0.25) is 0 Å². The van der Waals surface area contributed by atoms with Gasteiger partial charge in [0.05, 0.1) is 19.3 Å². The van der Waals surface area contributed by atoms with Gasteiger partial charge in [-0.05, 0) is 18.2 Å². The molecule has 3 aromatic rings. The van der Waals surface area contributed by atoms with Gasteiger partial charge in [-0.25, -0.2) is 0 Å². The summed E-state index contributed by atoms with van der Waals surface area (Å²) in [4.78, 5) is 13.0. The van der Waals surface area contributed by atoms with E-state index < -0.39 is 70.9 Å². The number of hydrogen-bond donors (Lipinski definition) is 8. The normalized spacial score (nSPS) is 24.9. The summed E-state index contributed by atoms with van der Waals surface area (Å²) < 4.78 is 16.4. The first-order chi connectivity index (χ1) is 16.1. The Kier molecular flexibility index (Phi) is 6.02. The number of methoxy groups -OCH3 is 1. The van der Waals surface area contributed by atoms with Crippen molar-refractivity contribution in [2.75, 3.05) is 13.7 Å². The molecule has 4 rings (SSSR count). The van der Waals surface area contributed by atoms with E-state index in [2.05, 4.69) is 0 Å². The molecule has 1 aliphatic heterocycles. The van der Waals surface area contributed by atoms with Crippen LogP contribution < -0.4 is 10.2 Å². The molecule has 12 nitrogen and oxygen atoms in total. The van der Waals surface area contributed by atoms with E-state index in [4.69, 9.17) is 13.9 Å². The highest BCUT2D eigenvalue weighted by molar-refractivity contribution is 5.90. The molecule has 8 N–H and O–H groups in total. The molecule has 0 spiro atoms. The van der Waals surface area contributed by atoms with Gasteiger partial charge in [-0.3, -0.25) is 4.79 Å². The van der Waals surface area contributed by atoms with Gasteiger partial charge in [0.1, 0.15) is 53.0 Å². The molecular formula is C22H22O12. The van der Waals surface area contributed by atoms with Crippen molar-refractivity contribution >= 4 is 11.0 Å². The lowest BCUT2D eigenvalue weighted by atomic mass is 9.89. The summed E-state index contributed by atoms with van der Waals surface area (Å²) in [7, 11) is 1.21. The second-order valence-electron chi connectivity index (χ2n) is 7.78. The van der Waals surface area contributed by atoms with Crippen LogP contribution >= 0.6 is 0 Å². The molecule has 0 bridgehead atoms. The van der Waals surface area contributed by atoms with Crippen LogP contribution in [-0.4, -0.2) is 79.0 Å². The topological polar surface area (TPSA) is 211 Å². The van der Waals surface area contributed by atoms with Gasteiger partial charge < -0.3 is 54.7 Å². The van der Waals surface area contributed by atoms with Crippen molar-refractivity contribution in [1.29, 1.82) is 0 Å². The van der Waals surface area contributed by atoms with Gasteiger partial charge in [-0.2, -0.15) is 0 Å². The van der Waals surface area contributed by atoms with Crippen molar-refractivity contribution in [2.24, 2.45) is 0 Å². The van der Waals surface area contributed by atoms with Gasteiger partial charge in [-0.1, -0.05) is 0 Å². The number of aliphatic hydroxyl groups excluding tert-OH is 4. The zero-order valence-corrected chi connectivity index (χ0v) is 17.6. The minimum Gasteiger partial charge on any atom is -0.506 e. The third-order valence-electron chi connectivity index (χ3n) is 5.77. The molecule has 1 aliphatic rings. The lowest BCUT2D eigenvalue weighted by molar-refractivity contribution is -0.232. The number of fused-ring (bicyclic) bond motifs is 1. The highest BCUT2D eigenvalue weighted by Crippen LogP contribution is 2.46. The highest BCUT2D eigenvalue weighted by atomic mass is 16.5. The monoisotopic (exact) mass is 478 g/mol. The number of phenols is 3. The summed E-state index contributed by atoms with van der Waals surface area (Å²) in [5.74, 6) is -3.17. The number of aliphatic hydroxyl groups is 4. The predicted molar refractivity (Wildman–Crippen MR) is 114 cm³/mol. The Balaban J connectivity index is 1.94. The average Bonchev–Trinajstić information content (AvgIpc) is 2.82. The number of phenolic OH excluding ortho intramolecular Hbond substituents is 3. The maximum Gasteiger partial charge on any atom is 0.238 e. The van der Waals surface area contributed by atoms with Gasteiger partial charge >= 0.3 is 0 Å². The summed E-state index contributed by atoms with van der Waals surface area (Å²) in [5, 5.41) is 80.3. The Hall–Kier alpha value is -3.55. The maximum atomic E-state index is 13.0. The van der Waals surface area contributed by atoms with Crippen LogP contribution in [0.1, 0.15) is 11.7 Å². The minimum absolute atomic E-state index is 0.0447. The summed E-state index contributed by atoms with van der Waals surface area (Å²) >= 11 is 0. The lowest BCUT2D eigenvalue weighted by Crippen LogP contribution is -2.55. The predicted octanol–water partition coefficient (Wildman–Crippen LogP) is -0.194. The van der Waals surface area contributed by atoms with Crippen LogP contribution in [0.15, 0.2) is 33.5 Å². The Bertz CT molecular complexity index is 1300. The Morgan fingerprint density at radius 3 is 2.26 bits per heavy atom. The number of hydrogen-bond acceptors (Lipinski definition) is 12. The van der Waals surface area contributed by atoms with Gasteiger partial charge in [0.25, 0.3) is 0 Å². The van der Waals surface area contributed by atoms with Crippen molar-refractivity contribution in [3.63, 3.8) is 0 Å². The molecule has 5 atom stereocenters. The first kappa shape index (κ1) is 23.6. The molecule has 182 valence electrons. The third kappa shape index (κ3) is 3.57. The summed E-state index contributed by atoms with van der Waals surface area (Å²) in [6, 6.07) is 4.63. The fraction of sp³-hybridized carbons (Fsp3) is 0.318. The van der Waals surface area contributed by atoms with E-state index in [0.29, 0.717) is 0 Å². The molecule has 1 aromatic heterocycles. The molecule has 1 fully saturated rings. The Morgan fingerprint density at radius 2 is 1.65 bits per heavy atom. The van der Waals surface area contributed by atoms with Gasteiger partial charge in [0.15, 0.2) is 17.3 Å². The quantitative estimate of drug-likeness (QED) is 0.229. The van der Waals surface area contributed by atoms with E-state index in [1.54, 1.807) is 0 Å². The molecule has 0 amide bonds. The van der Waals surface area contributed by atoms with E-state index in [0.717, 1.165) is 12.1 Å². The molecule has 0 saturated carbocycles. The lowest BCUT2D eigenvalue weighted by Gasteiger charge is -2.40. The largest absolute Gasteiger partial charge is 0.506 e. The fourth-order valence-electron chi connectivity index (χ4n) is 3.96. The van der Waals surface area contributed by atoms with Crippen LogP contribution in [0.25, 0.3) is 22.3 Å². The van der Waals surface area contributed by atoms with E-state index >= 15 is 0 Å². The summed E-state index contributed by atoms with van der Waals surface area (Å²) in [5.41, 5.74) is -1.56. The number of rotatable bonds is 4. The molecule has 2 unspecified atom stereocenters. The molecule has 2 aromatic carbocycles. The molecule has 34 heavy (non-hydrogen) atoms. The molecule has 2 heterocycles. The van der Waals surface area contributed by atoms with Crippen LogP contribution in [0, 0.1) is 0 Å². The van der Waals surface area contributed by atoms with Gasteiger partial charge in [0, 0.05) is 11.6 Å². The van der Waals surface area contributed by atoms with Crippen LogP contribution in [0.5, 0.6) is 28.7 Å². The zero-order chi connectivity index (χ0) is 24.9. The Morgan fingerprint density at radius 1 is 0.941 bits per heavy atom. The van der Waals surface area contributed by atoms with Crippen molar-refractivity contribution in [3.8, 4) is 40.1 Å². The smallest absolute Gasteiger partial charge is 0.238 e. The van der Waals surface area contributed by atoms with Gasteiger partial charge in [0.2, 0.25) is 11.2 Å². The first-order valence-corrected chi connectivity index (χ1v) is 10.0. The maximum absolute atomic E-state index is 13.0. The van der Waals surface area contributed by atoms with Crippen molar-refractivity contribution < 1.29 is 54.7 Å². The van der Waals surface area contributed by atoms with E-state index in [1.165, 1.54) is 19.2 Å². The highest BCUT2D eigenvalue weighted by Gasteiger charge is 2.46. The summed E-state index contributed by atoms with van der Waals surface area (Å²) in [6.07, 6.45) is -8.02. The molecule has 0 aliphatic carbocycles. The summed E-state index contributed by atoms with van der Waals surface area (Å²) in [6.45, 7) is -0.718. The number of ether oxygens (including phenoxy) is 2. The van der Waals surface area contributed by atoms with E-state index in [9.17, 15) is 45.6 Å². The molecule has 12 heteroatoms. The van der Waals surface area contributed by atoms with Crippen molar-refractivity contribution in [1.82, 2.24) is 0 Å². The SMILES string of the molecule is COc1cc2oc(-c3ccc(O)c(O)c3)c(O)c(=O)c2c(O)c1[C@@H]1OC(CO)[C@@H](O)[C@H](O)C1O. The molecule has 1 saturated heterocycles. The zero-order valence-electron chi connectivity index (χ0n) is 17.6. The minimum atomic E-state index is -1.78. The number of benzene rings is 2. The van der Waals surface area contributed by atoms with Crippen molar-refractivity contribution in [2.45, 2.75) is 30.5 Å². The van der Waals surface area contributed by atoms with E-state index in [1.807, 2.05) is 0 Å². The van der Waals surface area contributed by atoms with Crippen LogP contribution in [-0.2, 0) is 4.74 Å².